The molecule has 0 fully saturated rings. The van der Waals surface area contributed by atoms with E-state index in [2.05, 4.69) is 31.3 Å². The summed E-state index contributed by atoms with van der Waals surface area (Å²) in [6.07, 6.45) is 0.976. The van der Waals surface area contributed by atoms with E-state index in [9.17, 15) is 13.2 Å². The van der Waals surface area contributed by atoms with E-state index in [0.717, 1.165) is 17.5 Å². The first kappa shape index (κ1) is 21.2. The molecule has 1 atom stereocenters. The van der Waals surface area contributed by atoms with Gasteiger partial charge in [0.05, 0.1) is 16.7 Å². The van der Waals surface area contributed by atoms with E-state index in [-0.39, 0.29) is 29.0 Å². The number of nitrogens with one attached hydrogen (secondary N) is 1. The summed E-state index contributed by atoms with van der Waals surface area (Å²) >= 11 is 0. The van der Waals surface area contributed by atoms with E-state index in [0.29, 0.717) is 5.92 Å². The van der Waals surface area contributed by atoms with Crippen LogP contribution in [0.1, 0.15) is 49.9 Å². The van der Waals surface area contributed by atoms with Crippen molar-refractivity contribution in [1.29, 1.82) is 0 Å². The Labute approximate surface area is 162 Å². The highest BCUT2D eigenvalue weighted by Crippen LogP contribution is 2.17. The van der Waals surface area contributed by atoms with Gasteiger partial charge in [0.2, 0.25) is 5.91 Å². The summed E-state index contributed by atoms with van der Waals surface area (Å²) in [7, 11) is -3.45. The molecule has 1 N–H and O–H groups in total. The van der Waals surface area contributed by atoms with E-state index in [1.54, 1.807) is 24.3 Å². The van der Waals surface area contributed by atoms with Gasteiger partial charge >= 0.3 is 0 Å². The average Bonchev–Trinajstić information content (AvgIpc) is 2.60. The molecule has 0 bridgehead atoms. The van der Waals surface area contributed by atoms with Crippen molar-refractivity contribution >= 4 is 15.7 Å². The van der Waals surface area contributed by atoms with Gasteiger partial charge in [-0.1, -0.05) is 55.8 Å². The number of benzene rings is 2. The third-order valence-corrected chi connectivity index (χ3v) is 6.21. The summed E-state index contributed by atoms with van der Waals surface area (Å²) < 4.78 is 24.7. The molecule has 146 valence electrons. The largest absolute Gasteiger partial charge is 0.350 e. The Balaban J connectivity index is 1.90. The third-order valence-electron chi connectivity index (χ3n) is 4.48. The van der Waals surface area contributed by atoms with Gasteiger partial charge in [-0.25, -0.2) is 8.42 Å². The molecular formula is C22H29NO3S. The smallest absolute Gasteiger partial charge is 0.221 e. The maximum atomic E-state index is 12.3. The predicted octanol–water partition coefficient (Wildman–Crippen LogP) is 4.23. The predicted molar refractivity (Wildman–Crippen MR) is 109 cm³/mol. The van der Waals surface area contributed by atoms with Crippen molar-refractivity contribution in [2.75, 3.05) is 5.75 Å². The molecule has 1 amide bonds. The van der Waals surface area contributed by atoms with Gasteiger partial charge in [-0.15, -0.1) is 0 Å². The maximum absolute atomic E-state index is 12.3. The standard InChI is InChI=1S/C22H29NO3S/c1-16(2)15-19-7-9-20(10-8-19)18(4)23-22(24)13-14-27(25,26)21-11-5-17(3)6-12-21/h5-12,16,18H,13-15H2,1-4H3,(H,23,24)/t18-/m0/s1. The van der Waals surface area contributed by atoms with Crippen molar-refractivity contribution in [2.24, 2.45) is 5.92 Å². The highest BCUT2D eigenvalue weighted by Gasteiger charge is 2.17. The van der Waals surface area contributed by atoms with Gasteiger partial charge in [0.15, 0.2) is 9.84 Å². The molecule has 2 aromatic carbocycles. The number of hydrogen-bond acceptors (Lipinski definition) is 3. The number of rotatable bonds is 8. The molecule has 2 rings (SSSR count). The van der Waals surface area contributed by atoms with E-state index in [4.69, 9.17) is 0 Å². The molecule has 0 unspecified atom stereocenters. The quantitative estimate of drug-likeness (QED) is 0.737. The van der Waals surface area contributed by atoms with E-state index in [1.165, 1.54) is 5.56 Å². The Morgan fingerprint density at radius 2 is 1.56 bits per heavy atom. The molecule has 0 saturated carbocycles. The van der Waals surface area contributed by atoms with Crippen LogP contribution in [0, 0.1) is 12.8 Å². The lowest BCUT2D eigenvalue weighted by Crippen LogP contribution is -2.28. The minimum absolute atomic E-state index is 0.0496. The lowest BCUT2D eigenvalue weighted by molar-refractivity contribution is -0.121. The number of aryl methyl sites for hydroxylation is 1. The second-order valence-corrected chi connectivity index (χ2v) is 9.62. The molecular weight excluding hydrogens is 358 g/mol. The number of amides is 1. The van der Waals surface area contributed by atoms with Crippen molar-refractivity contribution in [2.45, 2.75) is 51.5 Å². The fourth-order valence-corrected chi connectivity index (χ4v) is 4.14. The van der Waals surface area contributed by atoms with Gasteiger partial charge < -0.3 is 5.32 Å². The second-order valence-electron chi connectivity index (χ2n) is 7.51. The van der Waals surface area contributed by atoms with Crippen LogP contribution >= 0.6 is 0 Å². The molecule has 0 heterocycles. The molecule has 27 heavy (non-hydrogen) atoms. The minimum Gasteiger partial charge on any atom is -0.350 e. The Morgan fingerprint density at radius 1 is 0.963 bits per heavy atom. The van der Waals surface area contributed by atoms with Crippen molar-refractivity contribution in [3.63, 3.8) is 0 Å². The summed E-state index contributed by atoms with van der Waals surface area (Å²) in [4.78, 5) is 12.5. The monoisotopic (exact) mass is 387 g/mol. The van der Waals surface area contributed by atoms with Crippen LogP contribution in [0.3, 0.4) is 0 Å². The fraction of sp³-hybridized carbons (Fsp3) is 0.409. The highest BCUT2D eigenvalue weighted by atomic mass is 32.2. The van der Waals surface area contributed by atoms with Gasteiger partial charge in [0.1, 0.15) is 0 Å². The van der Waals surface area contributed by atoms with Crippen LogP contribution in [-0.2, 0) is 21.1 Å². The summed E-state index contributed by atoms with van der Waals surface area (Å²) in [5.74, 6) is 0.148. The van der Waals surface area contributed by atoms with Gasteiger partial charge in [-0.2, -0.15) is 0 Å². The van der Waals surface area contributed by atoms with Crippen LogP contribution in [-0.4, -0.2) is 20.1 Å². The molecule has 0 radical (unpaired) electrons. The van der Waals surface area contributed by atoms with Crippen molar-refractivity contribution < 1.29 is 13.2 Å². The Bertz CT molecular complexity index is 853. The molecule has 2 aromatic rings. The normalized spacial score (nSPS) is 12.8. The molecule has 0 spiro atoms. The molecule has 0 aromatic heterocycles. The van der Waals surface area contributed by atoms with Crippen molar-refractivity contribution in [3.05, 3.63) is 65.2 Å². The molecule has 0 aliphatic heterocycles. The topological polar surface area (TPSA) is 63.2 Å². The Kier molecular flexibility index (Phi) is 7.19. The zero-order valence-electron chi connectivity index (χ0n) is 16.5. The third kappa shape index (κ3) is 6.51. The first-order valence-corrected chi connectivity index (χ1v) is 11.0. The second kappa shape index (κ2) is 9.18. The molecule has 4 nitrogen and oxygen atoms in total. The Hall–Kier alpha value is -2.14. The zero-order chi connectivity index (χ0) is 20.0. The van der Waals surface area contributed by atoms with Crippen molar-refractivity contribution in [1.82, 2.24) is 5.32 Å². The number of sulfone groups is 1. The fourth-order valence-electron chi connectivity index (χ4n) is 2.90. The number of hydrogen-bond donors (Lipinski definition) is 1. The van der Waals surface area contributed by atoms with Gasteiger partial charge in [-0.3, -0.25) is 4.79 Å². The molecule has 5 heteroatoms. The van der Waals surface area contributed by atoms with Crippen LogP contribution in [0.15, 0.2) is 53.4 Å². The SMILES string of the molecule is Cc1ccc(S(=O)(=O)CCC(=O)N[C@@H](C)c2ccc(CC(C)C)cc2)cc1. The summed E-state index contributed by atoms with van der Waals surface area (Å²) in [6.45, 7) is 8.17. The summed E-state index contributed by atoms with van der Waals surface area (Å²) in [6, 6.07) is 14.7. The Morgan fingerprint density at radius 3 is 2.11 bits per heavy atom. The lowest BCUT2D eigenvalue weighted by Gasteiger charge is -2.15. The zero-order valence-corrected chi connectivity index (χ0v) is 17.3. The van der Waals surface area contributed by atoms with Crippen LogP contribution in [0.4, 0.5) is 0 Å². The van der Waals surface area contributed by atoms with Crippen LogP contribution in [0.5, 0.6) is 0 Å². The summed E-state index contributed by atoms with van der Waals surface area (Å²) in [5.41, 5.74) is 3.29. The average molecular weight is 388 g/mol. The van der Waals surface area contributed by atoms with Gasteiger partial charge in [0.25, 0.3) is 0 Å². The lowest BCUT2D eigenvalue weighted by atomic mass is 10.00. The summed E-state index contributed by atoms with van der Waals surface area (Å²) in [5, 5.41) is 2.89. The first-order chi connectivity index (χ1) is 12.7. The van der Waals surface area contributed by atoms with Gasteiger partial charge in [0, 0.05) is 6.42 Å². The molecule has 0 saturated heterocycles. The number of carbonyl (C=O) groups excluding carboxylic acids is 1. The van der Waals surface area contributed by atoms with E-state index >= 15 is 0 Å². The van der Waals surface area contributed by atoms with Crippen molar-refractivity contribution in [3.8, 4) is 0 Å². The van der Waals surface area contributed by atoms with Crippen LogP contribution < -0.4 is 5.32 Å². The van der Waals surface area contributed by atoms with Gasteiger partial charge in [-0.05, 0) is 49.4 Å². The molecule has 0 aliphatic carbocycles. The van der Waals surface area contributed by atoms with Crippen LogP contribution in [0.25, 0.3) is 0 Å². The number of carbonyl (C=O) groups is 1. The molecule has 0 aliphatic rings. The first-order valence-electron chi connectivity index (χ1n) is 9.35. The minimum atomic E-state index is -3.45. The highest BCUT2D eigenvalue weighted by molar-refractivity contribution is 7.91. The van der Waals surface area contributed by atoms with E-state index in [1.807, 2.05) is 26.0 Å². The van der Waals surface area contributed by atoms with Crippen LogP contribution in [0.2, 0.25) is 0 Å². The van der Waals surface area contributed by atoms with E-state index < -0.39 is 9.84 Å². The maximum Gasteiger partial charge on any atom is 0.221 e.